The lowest BCUT2D eigenvalue weighted by molar-refractivity contribution is 0.0951. The predicted molar refractivity (Wildman–Crippen MR) is 136 cm³/mol. The number of amides is 1. The zero-order valence-corrected chi connectivity index (χ0v) is 20.2. The summed E-state index contributed by atoms with van der Waals surface area (Å²) in [6, 6.07) is 18.1. The largest absolute Gasteiger partial charge is 0.492 e. The summed E-state index contributed by atoms with van der Waals surface area (Å²) in [4.78, 5) is 30.7. The van der Waals surface area contributed by atoms with Gasteiger partial charge in [-0.25, -0.2) is 8.96 Å². The number of aromatic nitrogens is 2. The maximum Gasteiger partial charge on any atom is 0.266 e. The van der Waals surface area contributed by atoms with E-state index in [1.807, 2.05) is 43.3 Å². The van der Waals surface area contributed by atoms with Crippen LogP contribution in [0.25, 0.3) is 16.6 Å². The minimum Gasteiger partial charge on any atom is -0.492 e. The van der Waals surface area contributed by atoms with E-state index < -0.39 is 11.4 Å². The third-order valence-electron chi connectivity index (χ3n) is 5.44. The van der Waals surface area contributed by atoms with Gasteiger partial charge in [-0.1, -0.05) is 24.3 Å². The molecule has 0 atom stereocenters. The van der Waals surface area contributed by atoms with E-state index in [9.17, 15) is 14.0 Å². The number of nitrogens with one attached hydrogen (secondary N) is 2. The van der Waals surface area contributed by atoms with Crippen molar-refractivity contribution in [1.82, 2.24) is 19.8 Å². The lowest BCUT2D eigenvalue weighted by Crippen LogP contribution is -2.24. The zero-order valence-electron chi connectivity index (χ0n) is 19.4. The van der Waals surface area contributed by atoms with Crippen LogP contribution in [0.15, 0.2) is 71.5 Å². The summed E-state index contributed by atoms with van der Waals surface area (Å²) in [5.41, 5.74) is 1.30. The lowest BCUT2D eigenvalue weighted by atomic mass is 10.1. The highest BCUT2D eigenvalue weighted by molar-refractivity contribution is 7.71. The Hall–Kier alpha value is -3.82. The Kier molecular flexibility index (Phi) is 7.38. The molecule has 0 saturated carbocycles. The van der Waals surface area contributed by atoms with Gasteiger partial charge < -0.3 is 19.9 Å². The van der Waals surface area contributed by atoms with Crippen LogP contribution in [0.2, 0.25) is 0 Å². The molecule has 1 heterocycles. The smallest absolute Gasteiger partial charge is 0.266 e. The van der Waals surface area contributed by atoms with Crippen molar-refractivity contribution in [3.8, 4) is 11.4 Å². The second kappa shape index (κ2) is 10.6. The van der Waals surface area contributed by atoms with E-state index in [4.69, 9.17) is 17.0 Å². The van der Waals surface area contributed by atoms with Crippen molar-refractivity contribution in [2.24, 2.45) is 0 Å². The second-order valence-electron chi connectivity index (χ2n) is 8.26. The average molecular weight is 493 g/mol. The number of H-pyrrole nitrogens is 1. The van der Waals surface area contributed by atoms with Gasteiger partial charge in [-0.15, -0.1) is 0 Å². The molecule has 2 N–H and O–H groups in total. The Bertz CT molecular complexity index is 1480. The molecule has 0 radical (unpaired) electrons. The summed E-state index contributed by atoms with van der Waals surface area (Å²) >= 11 is 5.31. The van der Waals surface area contributed by atoms with Crippen molar-refractivity contribution in [3.63, 3.8) is 0 Å². The predicted octanol–water partition coefficient (Wildman–Crippen LogP) is 4.06. The summed E-state index contributed by atoms with van der Waals surface area (Å²) in [7, 11) is 3.97. The van der Waals surface area contributed by atoms with Crippen molar-refractivity contribution in [1.29, 1.82) is 0 Å². The Balaban J connectivity index is 1.48. The summed E-state index contributed by atoms with van der Waals surface area (Å²) in [6.07, 6.45) is 0. The van der Waals surface area contributed by atoms with Gasteiger partial charge >= 0.3 is 0 Å². The molecule has 4 aromatic rings. The molecule has 0 fully saturated rings. The first kappa shape index (κ1) is 24.3. The molecule has 0 aliphatic heterocycles. The monoisotopic (exact) mass is 492 g/mol. The van der Waals surface area contributed by atoms with Gasteiger partial charge in [0.25, 0.3) is 11.5 Å². The van der Waals surface area contributed by atoms with E-state index in [0.717, 1.165) is 22.4 Å². The molecule has 0 saturated heterocycles. The molecular formula is C26H25FN4O3S. The number of hydrogen-bond acceptors (Lipinski definition) is 5. The number of rotatable bonds is 8. The van der Waals surface area contributed by atoms with Gasteiger partial charge in [0.1, 0.15) is 18.2 Å². The summed E-state index contributed by atoms with van der Waals surface area (Å²) in [5, 5.41) is 3.17. The SMILES string of the molecule is CN(C)CCOc1ccc(CNC(=O)c2ccc3c(=O)n(-c4ccccc4F)c(=S)[nH]c3c2)cc1. The number of nitrogens with zero attached hydrogens (tertiary/aromatic N) is 2. The number of para-hydroxylation sites is 1. The van der Waals surface area contributed by atoms with E-state index in [0.29, 0.717) is 29.6 Å². The summed E-state index contributed by atoms with van der Waals surface area (Å²) < 4.78 is 21.1. The molecule has 0 unspecified atom stereocenters. The van der Waals surface area contributed by atoms with E-state index in [1.54, 1.807) is 18.2 Å². The molecule has 4 rings (SSSR count). The van der Waals surface area contributed by atoms with E-state index in [2.05, 4.69) is 10.3 Å². The first-order valence-electron chi connectivity index (χ1n) is 11.0. The number of aromatic amines is 1. The number of carbonyl (C=O) groups is 1. The molecule has 180 valence electrons. The lowest BCUT2D eigenvalue weighted by Gasteiger charge is -2.12. The van der Waals surface area contributed by atoms with Crippen LogP contribution in [0.3, 0.4) is 0 Å². The Morgan fingerprint density at radius 1 is 1.11 bits per heavy atom. The molecule has 1 aromatic heterocycles. The second-order valence-corrected chi connectivity index (χ2v) is 8.65. The number of halogens is 1. The highest BCUT2D eigenvalue weighted by atomic mass is 32.1. The fourth-order valence-electron chi connectivity index (χ4n) is 3.55. The van der Waals surface area contributed by atoms with Gasteiger partial charge in [0.05, 0.1) is 16.6 Å². The molecule has 1 amide bonds. The first-order valence-corrected chi connectivity index (χ1v) is 11.4. The van der Waals surface area contributed by atoms with Crippen LogP contribution in [0.4, 0.5) is 4.39 Å². The number of likely N-dealkylation sites (N-methyl/N-ethyl adjacent to an activating group) is 1. The topological polar surface area (TPSA) is 79.4 Å². The van der Waals surface area contributed by atoms with Gasteiger partial charge in [-0.3, -0.25) is 9.59 Å². The van der Waals surface area contributed by atoms with Gasteiger partial charge in [0.15, 0.2) is 4.77 Å². The normalized spacial score (nSPS) is 11.1. The van der Waals surface area contributed by atoms with Crippen LogP contribution >= 0.6 is 12.2 Å². The molecule has 0 aliphatic carbocycles. The van der Waals surface area contributed by atoms with Gasteiger partial charge in [0, 0.05) is 18.7 Å². The highest BCUT2D eigenvalue weighted by Gasteiger charge is 2.13. The van der Waals surface area contributed by atoms with Crippen molar-refractivity contribution in [3.05, 3.63) is 98.8 Å². The fraction of sp³-hybridized carbons (Fsp3) is 0.192. The van der Waals surface area contributed by atoms with Crippen molar-refractivity contribution < 1.29 is 13.9 Å². The standard InChI is InChI=1S/C26H25FN4O3S/c1-30(2)13-14-34-19-10-7-17(8-11-19)16-28-24(32)18-9-12-20-22(15-18)29-26(35)31(25(20)33)23-6-4-3-5-21(23)27/h3-12,15H,13-14,16H2,1-2H3,(H,28,32)(H,29,35). The van der Waals surface area contributed by atoms with Gasteiger partial charge in [0.2, 0.25) is 0 Å². The van der Waals surface area contributed by atoms with Crippen molar-refractivity contribution in [2.45, 2.75) is 6.54 Å². The van der Waals surface area contributed by atoms with E-state index in [-0.39, 0.29) is 16.4 Å². The Labute approximate surface area is 206 Å². The minimum atomic E-state index is -0.558. The fourth-order valence-corrected chi connectivity index (χ4v) is 3.84. The maximum atomic E-state index is 14.3. The minimum absolute atomic E-state index is 0.0399. The zero-order chi connectivity index (χ0) is 24.9. The highest BCUT2D eigenvalue weighted by Crippen LogP contribution is 2.16. The van der Waals surface area contributed by atoms with Crippen LogP contribution in [0.5, 0.6) is 5.75 Å². The quantitative estimate of drug-likeness (QED) is 0.363. The molecule has 0 aliphatic rings. The van der Waals surface area contributed by atoms with Crippen molar-refractivity contribution in [2.75, 3.05) is 27.2 Å². The van der Waals surface area contributed by atoms with E-state index in [1.165, 1.54) is 24.3 Å². The maximum absolute atomic E-state index is 14.3. The van der Waals surface area contributed by atoms with Crippen LogP contribution in [-0.4, -0.2) is 47.6 Å². The summed E-state index contributed by atoms with van der Waals surface area (Å²) in [6.45, 7) is 1.75. The third-order valence-corrected chi connectivity index (χ3v) is 5.72. The number of carbonyl (C=O) groups excluding carboxylic acids is 1. The number of ether oxygens (including phenoxy) is 1. The Morgan fingerprint density at radius 3 is 2.57 bits per heavy atom. The van der Waals surface area contributed by atoms with Crippen molar-refractivity contribution >= 4 is 29.0 Å². The number of fused-ring (bicyclic) bond motifs is 1. The molecule has 3 aromatic carbocycles. The summed E-state index contributed by atoms with van der Waals surface area (Å²) in [5.74, 6) is -0.0823. The van der Waals surface area contributed by atoms with Gasteiger partial charge in [-0.2, -0.15) is 0 Å². The number of benzene rings is 3. The molecule has 7 nitrogen and oxygen atoms in total. The Morgan fingerprint density at radius 2 is 1.86 bits per heavy atom. The molecular weight excluding hydrogens is 467 g/mol. The van der Waals surface area contributed by atoms with Crippen LogP contribution < -0.4 is 15.6 Å². The third kappa shape index (κ3) is 5.64. The molecule has 9 heteroatoms. The molecule has 0 spiro atoms. The van der Waals surface area contributed by atoms with Crippen LogP contribution in [-0.2, 0) is 6.54 Å². The molecule has 0 bridgehead atoms. The molecule has 35 heavy (non-hydrogen) atoms. The first-order chi connectivity index (χ1) is 16.8. The van der Waals surface area contributed by atoms with Crippen LogP contribution in [0, 0.1) is 10.6 Å². The average Bonchev–Trinajstić information content (AvgIpc) is 2.84. The number of hydrogen-bond donors (Lipinski definition) is 2. The van der Waals surface area contributed by atoms with Gasteiger partial charge in [-0.05, 0) is 74.3 Å². The van der Waals surface area contributed by atoms with E-state index >= 15 is 0 Å². The van der Waals surface area contributed by atoms with Crippen LogP contribution in [0.1, 0.15) is 15.9 Å².